The Labute approximate surface area is 172 Å². The number of nitrogens with zero attached hydrogens (tertiary/aromatic N) is 1. The fourth-order valence-electron chi connectivity index (χ4n) is 4.32. The average molecular weight is 406 g/mol. The van der Waals surface area contributed by atoms with Crippen LogP contribution in [0.2, 0.25) is 0 Å². The number of likely N-dealkylation sites (tertiary alicyclic amines) is 1. The van der Waals surface area contributed by atoms with E-state index in [1.807, 2.05) is 20.8 Å². The molecule has 0 atom stereocenters. The number of anilines is 1. The third-order valence-electron chi connectivity index (χ3n) is 5.68. The predicted octanol–water partition coefficient (Wildman–Crippen LogP) is 3.41. The molecule has 2 aliphatic rings. The summed E-state index contributed by atoms with van der Waals surface area (Å²) in [6.07, 6.45) is 3.61. The number of benzene rings is 1. The normalized spacial score (nSPS) is 19.6. The Morgan fingerprint density at radius 2 is 1.86 bits per heavy atom. The Morgan fingerprint density at radius 3 is 2.45 bits per heavy atom. The van der Waals surface area contributed by atoms with Crippen LogP contribution in [-0.2, 0) is 14.4 Å². The quantitative estimate of drug-likeness (QED) is 0.737. The lowest BCUT2D eigenvalue weighted by molar-refractivity contribution is -0.150. The molecule has 1 aliphatic carbocycles. The summed E-state index contributed by atoms with van der Waals surface area (Å²) in [6.45, 7) is 9.56. The molecular weight excluding hydrogens is 373 g/mol. The third kappa shape index (κ3) is 6.00. The van der Waals surface area contributed by atoms with Crippen molar-refractivity contribution in [1.29, 1.82) is 0 Å². The van der Waals surface area contributed by atoms with E-state index in [-0.39, 0.29) is 29.0 Å². The number of rotatable bonds is 5. The summed E-state index contributed by atoms with van der Waals surface area (Å²) in [5, 5.41) is 2.86. The van der Waals surface area contributed by atoms with Crippen molar-refractivity contribution < 1.29 is 18.8 Å². The van der Waals surface area contributed by atoms with Crippen LogP contribution in [0, 0.1) is 24.1 Å². The first-order valence-electron chi connectivity index (χ1n) is 10.3. The van der Waals surface area contributed by atoms with Crippen molar-refractivity contribution in [2.24, 2.45) is 11.3 Å². The Balaban J connectivity index is 1.41. The standard InChI is InChI=1S/C22H32FN3O3/c1-15-9-17(23)11-18(10-15)24-20(28)16-5-7-22(8-6-16)13-26(14-22)12-19(27)25-29-21(2,3)4/h9-11,16H,5-8,12-14H2,1-4H3,(H,24,28)(H,25,27). The molecule has 3 rings (SSSR count). The lowest BCUT2D eigenvalue weighted by atomic mass is 9.65. The van der Waals surface area contributed by atoms with Crippen LogP contribution < -0.4 is 10.8 Å². The molecule has 1 aromatic carbocycles. The smallest absolute Gasteiger partial charge is 0.257 e. The highest BCUT2D eigenvalue weighted by Gasteiger charge is 2.46. The topological polar surface area (TPSA) is 70.7 Å². The fourth-order valence-corrected chi connectivity index (χ4v) is 4.32. The molecule has 1 heterocycles. The second-order valence-corrected chi connectivity index (χ2v) is 9.67. The van der Waals surface area contributed by atoms with Gasteiger partial charge in [0.1, 0.15) is 5.82 Å². The minimum Gasteiger partial charge on any atom is -0.326 e. The van der Waals surface area contributed by atoms with Crippen molar-refractivity contribution in [3.8, 4) is 0 Å². The lowest BCUT2D eigenvalue weighted by Crippen LogP contribution is -2.60. The summed E-state index contributed by atoms with van der Waals surface area (Å²) < 4.78 is 13.5. The molecule has 0 radical (unpaired) electrons. The van der Waals surface area contributed by atoms with Crippen molar-refractivity contribution in [3.05, 3.63) is 29.6 Å². The zero-order chi connectivity index (χ0) is 21.2. The summed E-state index contributed by atoms with van der Waals surface area (Å²) in [7, 11) is 0. The van der Waals surface area contributed by atoms with E-state index in [0.717, 1.165) is 44.3 Å². The van der Waals surface area contributed by atoms with Crippen LogP contribution in [0.15, 0.2) is 18.2 Å². The first kappa shape index (κ1) is 21.7. The second-order valence-electron chi connectivity index (χ2n) is 9.67. The summed E-state index contributed by atoms with van der Waals surface area (Å²) in [5.74, 6) is -0.538. The Hall–Kier alpha value is -1.99. The second kappa shape index (κ2) is 8.40. The number of carbonyl (C=O) groups is 2. The number of carbonyl (C=O) groups excluding carboxylic acids is 2. The molecule has 0 aromatic heterocycles. The van der Waals surface area contributed by atoms with Gasteiger partial charge in [-0.1, -0.05) is 0 Å². The molecule has 2 amide bonds. The first-order valence-corrected chi connectivity index (χ1v) is 10.3. The maximum atomic E-state index is 13.5. The van der Waals surface area contributed by atoms with Gasteiger partial charge in [0.05, 0.1) is 12.1 Å². The van der Waals surface area contributed by atoms with E-state index in [1.165, 1.54) is 12.1 Å². The molecule has 2 fully saturated rings. The zero-order valence-corrected chi connectivity index (χ0v) is 17.8. The number of hydrogen-bond donors (Lipinski definition) is 2. The predicted molar refractivity (Wildman–Crippen MR) is 110 cm³/mol. The molecule has 7 heteroatoms. The highest BCUT2D eigenvalue weighted by Crippen LogP contribution is 2.45. The highest BCUT2D eigenvalue weighted by molar-refractivity contribution is 5.92. The molecule has 1 aromatic rings. The van der Waals surface area contributed by atoms with Gasteiger partial charge in [0.2, 0.25) is 5.91 Å². The van der Waals surface area contributed by atoms with E-state index in [0.29, 0.717) is 12.2 Å². The summed E-state index contributed by atoms with van der Waals surface area (Å²) in [5.41, 5.74) is 3.62. The molecule has 29 heavy (non-hydrogen) atoms. The van der Waals surface area contributed by atoms with Gasteiger partial charge in [0.15, 0.2) is 0 Å². The average Bonchev–Trinajstić information content (AvgIpc) is 2.57. The molecule has 160 valence electrons. The molecule has 1 saturated carbocycles. The Morgan fingerprint density at radius 1 is 1.21 bits per heavy atom. The van der Waals surface area contributed by atoms with Crippen LogP contribution in [0.25, 0.3) is 0 Å². The summed E-state index contributed by atoms with van der Waals surface area (Å²) in [4.78, 5) is 32.0. The summed E-state index contributed by atoms with van der Waals surface area (Å²) >= 11 is 0. The van der Waals surface area contributed by atoms with Gasteiger partial charge in [-0.25, -0.2) is 9.87 Å². The highest BCUT2D eigenvalue weighted by atomic mass is 19.1. The van der Waals surface area contributed by atoms with Crippen molar-refractivity contribution in [3.63, 3.8) is 0 Å². The van der Waals surface area contributed by atoms with E-state index in [2.05, 4.69) is 15.7 Å². The molecule has 0 unspecified atom stereocenters. The molecule has 6 nitrogen and oxygen atoms in total. The molecule has 0 bridgehead atoms. The van der Waals surface area contributed by atoms with Gasteiger partial charge < -0.3 is 5.32 Å². The molecule has 2 N–H and O–H groups in total. The molecular formula is C22H32FN3O3. The van der Waals surface area contributed by atoms with E-state index in [1.54, 1.807) is 13.0 Å². The fraction of sp³-hybridized carbons (Fsp3) is 0.636. The van der Waals surface area contributed by atoms with Gasteiger partial charge in [-0.15, -0.1) is 0 Å². The van der Waals surface area contributed by atoms with Gasteiger partial charge in [0, 0.05) is 24.7 Å². The van der Waals surface area contributed by atoms with Crippen LogP contribution in [-0.4, -0.2) is 41.9 Å². The monoisotopic (exact) mass is 405 g/mol. The molecule has 1 spiro atoms. The van der Waals surface area contributed by atoms with Crippen molar-refractivity contribution >= 4 is 17.5 Å². The maximum absolute atomic E-state index is 13.5. The van der Waals surface area contributed by atoms with Crippen molar-refractivity contribution in [2.45, 2.75) is 59.0 Å². The summed E-state index contributed by atoms with van der Waals surface area (Å²) in [6, 6.07) is 4.58. The number of halogens is 1. The number of hydrogen-bond acceptors (Lipinski definition) is 4. The lowest BCUT2D eigenvalue weighted by Gasteiger charge is -2.53. The minimum absolute atomic E-state index is 0.0280. The number of aryl methyl sites for hydroxylation is 1. The van der Waals surface area contributed by atoms with Crippen LogP contribution >= 0.6 is 0 Å². The van der Waals surface area contributed by atoms with E-state index in [4.69, 9.17) is 4.84 Å². The van der Waals surface area contributed by atoms with Crippen molar-refractivity contribution in [1.82, 2.24) is 10.4 Å². The van der Waals surface area contributed by atoms with Gasteiger partial charge >= 0.3 is 0 Å². The van der Waals surface area contributed by atoms with Gasteiger partial charge in [-0.05, 0) is 82.6 Å². The Kier molecular flexibility index (Phi) is 6.29. The van der Waals surface area contributed by atoms with Crippen LogP contribution in [0.1, 0.15) is 52.0 Å². The zero-order valence-electron chi connectivity index (χ0n) is 17.8. The van der Waals surface area contributed by atoms with Crippen LogP contribution in [0.3, 0.4) is 0 Å². The molecule has 1 aliphatic heterocycles. The number of amides is 2. The number of hydroxylamine groups is 1. The SMILES string of the molecule is Cc1cc(F)cc(NC(=O)C2CCC3(CC2)CN(CC(=O)NOC(C)(C)C)C3)c1. The van der Waals surface area contributed by atoms with Gasteiger partial charge in [0.25, 0.3) is 5.91 Å². The first-order chi connectivity index (χ1) is 13.5. The largest absolute Gasteiger partial charge is 0.326 e. The van der Waals surface area contributed by atoms with Gasteiger partial charge in [-0.3, -0.25) is 19.3 Å². The van der Waals surface area contributed by atoms with E-state index >= 15 is 0 Å². The number of nitrogens with one attached hydrogen (secondary N) is 2. The van der Waals surface area contributed by atoms with E-state index in [9.17, 15) is 14.0 Å². The molecule has 1 saturated heterocycles. The maximum Gasteiger partial charge on any atom is 0.257 e. The third-order valence-corrected chi connectivity index (χ3v) is 5.68. The van der Waals surface area contributed by atoms with Crippen LogP contribution in [0.5, 0.6) is 0 Å². The van der Waals surface area contributed by atoms with Crippen LogP contribution in [0.4, 0.5) is 10.1 Å². The Bertz CT molecular complexity index is 739. The van der Waals surface area contributed by atoms with Gasteiger partial charge in [-0.2, -0.15) is 0 Å². The van der Waals surface area contributed by atoms with Crippen molar-refractivity contribution in [2.75, 3.05) is 25.0 Å². The van der Waals surface area contributed by atoms with E-state index < -0.39 is 5.60 Å². The minimum atomic E-state index is -0.408.